The van der Waals surface area contributed by atoms with E-state index < -0.39 is 24.0 Å². The van der Waals surface area contributed by atoms with E-state index >= 15 is 0 Å². The third kappa shape index (κ3) is 5.51. The lowest BCUT2D eigenvalue weighted by Gasteiger charge is -2.32. The molecule has 0 radical (unpaired) electrons. The van der Waals surface area contributed by atoms with Gasteiger partial charge in [0.2, 0.25) is 5.91 Å². The summed E-state index contributed by atoms with van der Waals surface area (Å²) in [6, 6.07) is 7.93. The van der Waals surface area contributed by atoms with Gasteiger partial charge in [-0.1, -0.05) is 42.6 Å². The molecule has 2 amide bonds. The molecular weight excluding hydrogens is 425 g/mol. The smallest absolute Gasteiger partial charge is 0.351 e. The summed E-state index contributed by atoms with van der Waals surface area (Å²) in [5.41, 5.74) is 0.447. The van der Waals surface area contributed by atoms with E-state index in [1.165, 1.54) is 12.1 Å². The molecule has 156 valence electrons. The minimum atomic E-state index is -5.10. The molecule has 2 aromatic rings. The summed E-state index contributed by atoms with van der Waals surface area (Å²) in [6.45, 7) is -0.365. The molecule has 1 aromatic carbocycles. The van der Waals surface area contributed by atoms with Gasteiger partial charge in [-0.05, 0) is 42.0 Å². The van der Waals surface area contributed by atoms with Crippen LogP contribution in [0.25, 0.3) is 0 Å². The Kier molecular flexibility index (Phi) is 6.85. The highest BCUT2D eigenvalue weighted by molar-refractivity contribution is 7.10. The number of rotatable bonds is 6. The quantitative estimate of drug-likeness (QED) is 0.674. The van der Waals surface area contributed by atoms with Crippen molar-refractivity contribution >= 4 is 34.8 Å². The van der Waals surface area contributed by atoms with Crippen molar-refractivity contribution in [3.05, 3.63) is 57.2 Å². The Bertz CT molecular complexity index is 834. The first-order valence-electron chi connectivity index (χ1n) is 9.21. The maximum Gasteiger partial charge on any atom is 0.471 e. The van der Waals surface area contributed by atoms with E-state index in [1.807, 2.05) is 0 Å². The molecule has 1 saturated carbocycles. The summed E-state index contributed by atoms with van der Waals surface area (Å²) in [4.78, 5) is 26.3. The number of alkyl halides is 3. The third-order valence-electron chi connectivity index (χ3n) is 4.84. The van der Waals surface area contributed by atoms with E-state index in [2.05, 4.69) is 5.32 Å². The third-order valence-corrected chi connectivity index (χ3v) is 6.02. The maximum atomic E-state index is 13.4. The van der Waals surface area contributed by atoms with Crippen molar-refractivity contribution in [3.63, 3.8) is 0 Å². The number of halogens is 4. The molecule has 1 N–H and O–H groups in total. The Balaban J connectivity index is 1.95. The van der Waals surface area contributed by atoms with Gasteiger partial charge >= 0.3 is 12.1 Å². The fourth-order valence-corrected chi connectivity index (χ4v) is 4.41. The van der Waals surface area contributed by atoms with Crippen LogP contribution in [0.3, 0.4) is 0 Å². The molecule has 1 unspecified atom stereocenters. The monoisotopic (exact) mass is 444 g/mol. The van der Waals surface area contributed by atoms with E-state index in [4.69, 9.17) is 11.6 Å². The molecule has 1 aliphatic rings. The first kappa shape index (κ1) is 21.6. The summed E-state index contributed by atoms with van der Waals surface area (Å²) >= 11 is 6.99. The number of amides is 2. The molecule has 9 heteroatoms. The van der Waals surface area contributed by atoms with Crippen LogP contribution >= 0.6 is 22.9 Å². The van der Waals surface area contributed by atoms with Gasteiger partial charge in [0.25, 0.3) is 0 Å². The number of nitrogens with zero attached hydrogens (tertiary/aromatic N) is 1. The van der Waals surface area contributed by atoms with Gasteiger partial charge in [0, 0.05) is 22.5 Å². The van der Waals surface area contributed by atoms with E-state index in [0.29, 0.717) is 20.4 Å². The maximum absolute atomic E-state index is 13.4. The summed E-state index contributed by atoms with van der Waals surface area (Å²) < 4.78 is 40.2. The van der Waals surface area contributed by atoms with Crippen LogP contribution in [0.4, 0.5) is 13.2 Å². The minimum absolute atomic E-state index is 0.0802. The molecule has 0 bridgehead atoms. The van der Waals surface area contributed by atoms with Crippen LogP contribution in [-0.4, -0.2) is 28.9 Å². The van der Waals surface area contributed by atoms with E-state index in [-0.39, 0.29) is 12.6 Å². The highest BCUT2D eigenvalue weighted by atomic mass is 35.5. The Morgan fingerprint density at radius 3 is 2.38 bits per heavy atom. The van der Waals surface area contributed by atoms with E-state index in [0.717, 1.165) is 37.0 Å². The lowest BCUT2D eigenvalue weighted by molar-refractivity contribution is -0.189. The second-order valence-electron chi connectivity index (χ2n) is 6.97. The van der Waals surface area contributed by atoms with Crippen LogP contribution in [0.15, 0.2) is 41.8 Å². The second kappa shape index (κ2) is 9.17. The van der Waals surface area contributed by atoms with Crippen molar-refractivity contribution in [1.29, 1.82) is 0 Å². The lowest BCUT2D eigenvalue weighted by Crippen LogP contribution is -2.49. The topological polar surface area (TPSA) is 49.4 Å². The van der Waals surface area contributed by atoms with E-state index in [1.54, 1.807) is 29.6 Å². The van der Waals surface area contributed by atoms with Crippen LogP contribution in [0, 0.1) is 0 Å². The molecule has 0 aliphatic heterocycles. The SMILES string of the molecule is O=C(NC1CCCC1)C(c1cccs1)N(Cc1ccc(Cl)cc1)C(=O)C(F)(F)F. The molecule has 3 rings (SSSR count). The Hall–Kier alpha value is -2.06. The lowest BCUT2D eigenvalue weighted by atomic mass is 10.1. The molecule has 1 heterocycles. The fourth-order valence-electron chi connectivity index (χ4n) is 3.45. The molecular formula is C20H20ClF3N2O2S. The molecule has 4 nitrogen and oxygen atoms in total. The molecule has 1 aromatic heterocycles. The van der Waals surface area contributed by atoms with Crippen molar-refractivity contribution in [2.24, 2.45) is 0 Å². The summed E-state index contributed by atoms with van der Waals surface area (Å²) in [6.07, 6.45) is -1.61. The van der Waals surface area contributed by atoms with Gasteiger partial charge < -0.3 is 10.2 Å². The molecule has 0 spiro atoms. The minimum Gasteiger partial charge on any atom is -0.351 e. The predicted octanol–water partition coefficient (Wildman–Crippen LogP) is 5.09. The first-order valence-corrected chi connectivity index (χ1v) is 10.5. The number of carbonyl (C=O) groups is 2. The first-order chi connectivity index (χ1) is 13.8. The van der Waals surface area contributed by atoms with Gasteiger partial charge in [-0.15, -0.1) is 11.3 Å². The molecule has 1 atom stereocenters. The number of nitrogens with one attached hydrogen (secondary N) is 1. The average Bonchev–Trinajstić information content (AvgIpc) is 3.36. The number of hydrogen-bond donors (Lipinski definition) is 1. The molecule has 0 saturated heterocycles. The van der Waals surface area contributed by atoms with Crippen molar-refractivity contribution in [1.82, 2.24) is 10.2 Å². The molecule has 1 fully saturated rings. The average molecular weight is 445 g/mol. The number of carbonyl (C=O) groups excluding carboxylic acids is 2. The van der Waals surface area contributed by atoms with Crippen molar-refractivity contribution in [3.8, 4) is 0 Å². The highest BCUT2D eigenvalue weighted by Crippen LogP contribution is 2.32. The van der Waals surface area contributed by atoms with Gasteiger partial charge in [0.15, 0.2) is 0 Å². The van der Waals surface area contributed by atoms with Crippen LogP contribution in [0.1, 0.15) is 42.2 Å². The summed E-state index contributed by atoms with van der Waals surface area (Å²) in [5.74, 6) is -2.64. The van der Waals surface area contributed by atoms with Crippen molar-refractivity contribution < 1.29 is 22.8 Å². The van der Waals surface area contributed by atoms with Crippen molar-refractivity contribution in [2.45, 2.75) is 50.5 Å². The zero-order valence-electron chi connectivity index (χ0n) is 15.4. The zero-order valence-corrected chi connectivity index (χ0v) is 17.0. The van der Waals surface area contributed by atoms with Crippen molar-refractivity contribution in [2.75, 3.05) is 0 Å². The standard InChI is InChI=1S/C20H20ClF3N2O2S/c21-14-9-7-13(8-10-14)12-26(19(28)20(22,23)24)17(16-6-3-11-29-16)18(27)25-15-4-1-2-5-15/h3,6-11,15,17H,1-2,4-5,12H2,(H,25,27). The molecule has 1 aliphatic carbocycles. The second-order valence-corrected chi connectivity index (χ2v) is 8.38. The zero-order chi connectivity index (χ0) is 21.0. The van der Waals surface area contributed by atoms with Crippen LogP contribution < -0.4 is 5.32 Å². The molecule has 29 heavy (non-hydrogen) atoms. The fraction of sp³-hybridized carbons (Fsp3) is 0.400. The Labute approximate surface area is 175 Å². The van der Waals surface area contributed by atoms with Crippen LogP contribution in [0.2, 0.25) is 5.02 Å². The summed E-state index contributed by atoms with van der Waals surface area (Å²) in [7, 11) is 0. The van der Waals surface area contributed by atoms with Gasteiger partial charge in [-0.25, -0.2) is 0 Å². The van der Waals surface area contributed by atoms with Crippen LogP contribution in [-0.2, 0) is 16.1 Å². The number of hydrogen-bond acceptors (Lipinski definition) is 3. The normalized spacial score (nSPS) is 15.9. The van der Waals surface area contributed by atoms with Crippen LogP contribution in [0.5, 0.6) is 0 Å². The van der Waals surface area contributed by atoms with Gasteiger partial charge in [0.05, 0.1) is 0 Å². The highest BCUT2D eigenvalue weighted by Gasteiger charge is 2.47. The van der Waals surface area contributed by atoms with Gasteiger partial charge in [-0.2, -0.15) is 13.2 Å². The van der Waals surface area contributed by atoms with Gasteiger partial charge in [0.1, 0.15) is 6.04 Å². The number of thiophene rings is 1. The summed E-state index contributed by atoms with van der Waals surface area (Å²) in [5, 5.41) is 4.93. The predicted molar refractivity (Wildman–Crippen MR) is 106 cm³/mol. The largest absolute Gasteiger partial charge is 0.471 e. The number of benzene rings is 1. The Morgan fingerprint density at radius 1 is 1.17 bits per heavy atom. The van der Waals surface area contributed by atoms with E-state index in [9.17, 15) is 22.8 Å². The van der Waals surface area contributed by atoms with Gasteiger partial charge in [-0.3, -0.25) is 9.59 Å². The Morgan fingerprint density at radius 2 is 1.83 bits per heavy atom.